The molecular weight excluding hydrogens is 474 g/mol. The molecule has 0 aromatic heterocycles. The maximum atomic E-state index is 12.1. The summed E-state index contributed by atoms with van der Waals surface area (Å²) < 4.78 is 25.6. The summed E-state index contributed by atoms with van der Waals surface area (Å²) >= 11 is 0. The zero-order valence-corrected chi connectivity index (χ0v) is 21.7. The predicted molar refractivity (Wildman–Crippen MR) is 129 cm³/mol. The van der Waals surface area contributed by atoms with Crippen LogP contribution < -0.4 is 14.8 Å². The van der Waals surface area contributed by atoms with Gasteiger partial charge in [-0.25, -0.2) is 9.59 Å². The van der Waals surface area contributed by atoms with Crippen LogP contribution in [0.2, 0.25) is 0 Å². The Morgan fingerprint density at radius 1 is 0.889 bits per heavy atom. The molecule has 0 fully saturated rings. The van der Waals surface area contributed by atoms with E-state index in [0.717, 1.165) is 0 Å². The van der Waals surface area contributed by atoms with E-state index in [1.54, 1.807) is 13.8 Å². The first-order chi connectivity index (χ1) is 16.9. The van der Waals surface area contributed by atoms with Crippen molar-refractivity contribution in [3.05, 3.63) is 23.8 Å². The Labute approximate surface area is 211 Å². The summed E-state index contributed by atoms with van der Waals surface area (Å²) in [5.41, 5.74) is 0.475. The number of ether oxygens (including phenoxy) is 5. The summed E-state index contributed by atoms with van der Waals surface area (Å²) in [6.45, 7) is 11.1. The summed E-state index contributed by atoms with van der Waals surface area (Å²) in [4.78, 5) is 47.4. The van der Waals surface area contributed by atoms with Crippen molar-refractivity contribution in [1.82, 2.24) is 5.32 Å². The Hall–Kier alpha value is -3.34. The molecule has 0 saturated heterocycles. The smallest absolute Gasteiger partial charge is 0.480 e. The number of aliphatic carboxylic acids is 1. The van der Waals surface area contributed by atoms with Crippen LogP contribution in [-0.4, -0.2) is 61.3 Å². The molecule has 1 unspecified atom stereocenters. The van der Waals surface area contributed by atoms with Gasteiger partial charge >= 0.3 is 24.2 Å². The van der Waals surface area contributed by atoms with Crippen molar-refractivity contribution in [3.8, 4) is 11.5 Å². The number of carbonyl (C=O) groups excluding carboxylic acids is 3. The SMILES string of the molecule is CCC(=O)OC(C)CN[C@@H](Cc1ccc(OC(=O)OCC(C)C)c(OC(=O)OCC(C)C)c1)C(=O)O. The topological polar surface area (TPSA) is 147 Å². The van der Waals surface area contributed by atoms with Crippen molar-refractivity contribution in [2.45, 2.75) is 66.5 Å². The van der Waals surface area contributed by atoms with Crippen molar-refractivity contribution in [2.75, 3.05) is 19.8 Å². The van der Waals surface area contributed by atoms with Gasteiger partial charge in [-0.1, -0.05) is 40.7 Å². The van der Waals surface area contributed by atoms with Gasteiger partial charge in [-0.15, -0.1) is 0 Å². The average molecular weight is 512 g/mol. The van der Waals surface area contributed by atoms with Gasteiger partial charge in [0.1, 0.15) is 12.1 Å². The van der Waals surface area contributed by atoms with Crippen molar-refractivity contribution in [1.29, 1.82) is 0 Å². The molecule has 0 aliphatic heterocycles. The lowest BCUT2D eigenvalue weighted by molar-refractivity contribution is -0.147. The van der Waals surface area contributed by atoms with Crippen molar-refractivity contribution in [2.24, 2.45) is 11.8 Å². The van der Waals surface area contributed by atoms with Crippen LogP contribution in [-0.2, 0) is 30.2 Å². The molecule has 0 heterocycles. The zero-order valence-electron chi connectivity index (χ0n) is 21.7. The number of esters is 1. The van der Waals surface area contributed by atoms with Crippen LogP contribution in [0.3, 0.4) is 0 Å². The Morgan fingerprint density at radius 2 is 1.44 bits per heavy atom. The standard InChI is InChI=1S/C25H37NO10/c1-7-22(27)34-17(6)12-26-19(23(28)29)10-18-8-9-20(35-24(30)32-13-15(2)3)21(11-18)36-25(31)33-14-16(4)5/h8-9,11,15-17,19,26H,7,10,12-14H2,1-6H3,(H,28,29)/t17?,19-/m0/s1. The van der Waals surface area contributed by atoms with Gasteiger partial charge in [-0.2, -0.15) is 0 Å². The Kier molecular flexibility index (Phi) is 13.3. The second kappa shape index (κ2) is 15.6. The third-order valence-corrected chi connectivity index (χ3v) is 4.47. The number of hydrogen-bond acceptors (Lipinski definition) is 10. The fourth-order valence-corrected chi connectivity index (χ4v) is 2.69. The molecule has 0 radical (unpaired) electrons. The molecule has 2 atom stereocenters. The highest BCUT2D eigenvalue weighted by Gasteiger charge is 2.22. The molecule has 2 N–H and O–H groups in total. The molecule has 202 valence electrons. The summed E-state index contributed by atoms with van der Waals surface area (Å²) in [6.07, 6.45) is -2.28. The third-order valence-electron chi connectivity index (χ3n) is 4.47. The van der Waals surface area contributed by atoms with E-state index in [-0.39, 0.29) is 61.9 Å². The van der Waals surface area contributed by atoms with E-state index in [4.69, 9.17) is 23.7 Å². The molecule has 0 saturated carbocycles. The van der Waals surface area contributed by atoms with Crippen LogP contribution in [0.5, 0.6) is 11.5 Å². The van der Waals surface area contributed by atoms with Gasteiger partial charge in [0, 0.05) is 13.0 Å². The van der Waals surface area contributed by atoms with E-state index in [0.29, 0.717) is 5.56 Å². The number of benzene rings is 1. The summed E-state index contributed by atoms with van der Waals surface area (Å²) in [5, 5.41) is 12.5. The fraction of sp³-hybridized carbons (Fsp3) is 0.600. The van der Waals surface area contributed by atoms with Crippen molar-refractivity contribution < 1.29 is 48.0 Å². The molecule has 1 aromatic carbocycles. The Balaban J connectivity index is 3.01. The molecule has 0 amide bonds. The molecule has 36 heavy (non-hydrogen) atoms. The van der Waals surface area contributed by atoms with Crippen molar-refractivity contribution >= 4 is 24.2 Å². The molecule has 1 aromatic rings. The van der Waals surface area contributed by atoms with E-state index in [1.807, 2.05) is 27.7 Å². The lowest BCUT2D eigenvalue weighted by Crippen LogP contribution is -2.42. The predicted octanol–water partition coefficient (Wildman–Crippen LogP) is 3.96. The molecule has 0 aliphatic rings. The van der Waals surface area contributed by atoms with Gasteiger partial charge in [0.05, 0.1) is 13.2 Å². The van der Waals surface area contributed by atoms with E-state index < -0.39 is 30.4 Å². The number of rotatable bonds is 14. The normalized spacial score (nSPS) is 12.6. The largest absolute Gasteiger partial charge is 0.513 e. The second-order valence-electron chi connectivity index (χ2n) is 9.05. The lowest BCUT2D eigenvalue weighted by atomic mass is 10.0. The summed E-state index contributed by atoms with van der Waals surface area (Å²) in [7, 11) is 0. The van der Waals surface area contributed by atoms with Gasteiger partial charge < -0.3 is 34.1 Å². The first-order valence-electron chi connectivity index (χ1n) is 11.9. The minimum atomic E-state index is -1.12. The van der Waals surface area contributed by atoms with Gasteiger partial charge in [0.15, 0.2) is 11.5 Å². The van der Waals surface area contributed by atoms with Crippen LogP contribution in [0.1, 0.15) is 53.5 Å². The highest BCUT2D eigenvalue weighted by molar-refractivity contribution is 5.74. The minimum absolute atomic E-state index is 0.000739. The Morgan fingerprint density at radius 3 is 1.94 bits per heavy atom. The van der Waals surface area contributed by atoms with Crippen LogP contribution in [0.25, 0.3) is 0 Å². The third kappa shape index (κ3) is 12.4. The number of carboxylic acids is 1. The number of carbonyl (C=O) groups is 4. The molecule has 0 aliphatic carbocycles. The van der Waals surface area contributed by atoms with Gasteiger partial charge in [-0.3, -0.25) is 9.59 Å². The zero-order chi connectivity index (χ0) is 27.3. The molecule has 0 spiro atoms. The van der Waals surface area contributed by atoms with Crippen LogP contribution in [0.15, 0.2) is 18.2 Å². The van der Waals surface area contributed by atoms with Crippen LogP contribution in [0, 0.1) is 11.8 Å². The maximum Gasteiger partial charge on any atom is 0.513 e. The highest BCUT2D eigenvalue weighted by atomic mass is 16.7. The quantitative estimate of drug-likeness (QED) is 0.212. The first-order valence-corrected chi connectivity index (χ1v) is 11.9. The molecular formula is C25H37NO10. The number of hydrogen-bond donors (Lipinski definition) is 2. The van der Waals surface area contributed by atoms with Crippen LogP contribution >= 0.6 is 0 Å². The van der Waals surface area contributed by atoms with Crippen LogP contribution in [0.4, 0.5) is 9.59 Å². The Bertz CT molecular complexity index is 884. The van der Waals surface area contributed by atoms with E-state index in [1.165, 1.54) is 18.2 Å². The number of carboxylic acid groups (broad SMARTS) is 1. The fourth-order valence-electron chi connectivity index (χ4n) is 2.69. The molecule has 1 rings (SSSR count). The van der Waals surface area contributed by atoms with Gasteiger partial charge in [0.2, 0.25) is 0 Å². The van der Waals surface area contributed by atoms with Crippen molar-refractivity contribution in [3.63, 3.8) is 0 Å². The van der Waals surface area contributed by atoms with E-state index in [2.05, 4.69) is 5.32 Å². The number of nitrogens with one attached hydrogen (secondary N) is 1. The molecule has 0 bridgehead atoms. The summed E-state index contributed by atoms with van der Waals surface area (Å²) in [5.74, 6) is -1.56. The van der Waals surface area contributed by atoms with E-state index >= 15 is 0 Å². The molecule has 11 nitrogen and oxygen atoms in total. The van der Waals surface area contributed by atoms with Gasteiger partial charge in [0.25, 0.3) is 0 Å². The van der Waals surface area contributed by atoms with Gasteiger partial charge in [-0.05, 0) is 42.9 Å². The second-order valence-corrected chi connectivity index (χ2v) is 9.05. The van der Waals surface area contributed by atoms with E-state index in [9.17, 15) is 24.3 Å². The monoisotopic (exact) mass is 511 g/mol. The first kappa shape index (κ1) is 30.7. The lowest BCUT2D eigenvalue weighted by Gasteiger charge is -2.19. The average Bonchev–Trinajstić information content (AvgIpc) is 2.80. The summed E-state index contributed by atoms with van der Waals surface area (Å²) in [6, 6.07) is 3.27. The minimum Gasteiger partial charge on any atom is -0.480 e. The highest BCUT2D eigenvalue weighted by Crippen LogP contribution is 2.30. The molecule has 11 heteroatoms. The maximum absolute atomic E-state index is 12.1.